The maximum absolute atomic E-state index is 12.1. The van der Waals surface area contributed by atoms with Crippen LogP contribution in [0.4, 0.5) is 0 Å². The van der Waals surface area contributed by atoms with Crippen molar-refractivity contribution in [3.8, 4) is 16.9 Å². The first kappa shape index (κ1) is 17.2. The molecule has 1 aliphatic heterocycles. The number of ether oxygens (including phenoxy) is 1. The summed E-state index contributed by atoms with van der Waals surface area (Å²) in [5, 5.41) is 9.92. The monoisotopic (exact) mass is 360 g/mol. The first-order valence-electron chi connectivity index (χ1n) is 8.91. The summed E-state index contributed by atoms with van der Waals surface area (Å²) in [6.07, 6.45) is 3.22. The van der Waals surface area contributed by atoms with Gasteiger partial charge in [0.25, 0.3) is 0 Å². The van der Waals surface area contributed by atoms with Crippen LogP contribution in [0.2, 0.25) is 0 Å². The van der Waals surface area contributed by atoms with Gasteiger partial charge in [0, 0.05) is 31.0 Å². The number of aromatic nitrogens is 1. The molecule has 1 atom stereocenters. The third kappa shape index (κ3) is 3.55. The molecule has 5 nitrogen and oxygen atoms in total. The van der Waals surface area contributed by atoms with E-state index in [-0.39, 0.29) is 0 Å². The van der Waals surface area contributed by atoms with Crippen molar-refractivity contribution in [2.75, 3.05) is 13.2 Å². The Morgan fingerprint density at radius 2 is 1.89 bits per heavy atom. The number of aliphatic carboxylic acids is 1. The molecule has 0 bridgehead atoms. The quantitative estimate of drug-likeness (QED) is 0.767. The van der Waals surface area contributed by atoms with Gasteiger partial charge in [-0.1, -0.05) is 54.6 Å². The third-order valence-corrected chi connectivity index (χ3v) is 4.82. The molecule has 0 fully saturated rings. The molecule has 2 aromatic carbocycles. The number of pyridine rings is 1. The van der Waals surface area contributed by atoms with E-state index in [1.807, 2.05) is 35.2 Å². The molecule has 1 N–H and O–H groups in total. The van der Waals surface area contributed by atoms with Crippen molar-refractivity contribution in [1.29, 1.82) is 0 Å². The largest absolute Gasteiger partial charge is 0.492 e. The molecule has 5 heteroatoms. The molecule has 2 heterocycles. The predicted molar refractivity (Wildman–Crippen MR) is 102 cm³/mol. The Morgan fingerprint density at radius 3 is 2.70 bits per heavy atom. The number of nitrogens with zero attached hydrogens (tertiary/aromatic N) is 2. The molecule has 0 amide bonds. The van der Waals surface area contributed by atoms with Gasteiger partial charge in [-0.25, -0.2) is 0 Å². The molecule has 0 saturated heterocycles. The van der Waals surface area contributed by atoms with Crippen molar-refractivity contribution >= 4 is 5.97 Å². The van der Waals surface area contributed by atoms with Crippen LogP contribution in [0.25, 0.3) is 11.1 Å². The lowest BCUT2D eigenvalue weighted by Gasteiger charge is -2.27. The third-order valence-electron chi connectivity index (χ3n) is 4.82. The Balaban J connectivity index is 1.71. The van der Waals surface area contributed by atoms with E-state index in [9.17, 15) is 9.90 Å². The van der Waals surface area contributed by atoms with Crippen LogP contribution in [-0.4, -0.2) is 34.1 Å². The van der Waals surface area contributed by atoms with Crippen LogP contribution in [0, 0.1) is 0 Å². The molecule has 1 unspecified atom stereocenters. The van der Waals surface area contributed by atoms with Gasteiger partial charge in [0.15, 0.2) is 0 Å². The van der Waals surface area contributed by atoms with Crippen molar-refractivity contribution in [3.63, 3.8) is 0 Å². The van der Waals surface area contributed by atoms with Gasteiger partial charge in [0.1, 0.15) is 18.4 Å². The summed E-state index contributed by atoms with van der Waals surface area (Å²) < 4.78 is 5.77. The highest BCUT2D eigenvalue weighted by Gasteiger charge is 2.33. The Kier molecular flexibility index (Phi) is 4.85. The van der Waals surface area contributed by atoms with Crippen molar-refractivity contribution < 1.29 is 14.6 Å². The molecular formula is C22H20N2O3. The fourth-order valence-corrected chi connectivity index (χ4v) is 3.57. The standard InChI is InChI=1S/C22H20N2O3/c25-22(26)21-19-14-23-11-10-20(19)27-13-12-24(21)15-17-8-4-5-9-18(17)16-6-2-1-3-7-16/h1-11,14,21H,12-13,15H2,(H,25,26). The number of carboxylic acid groups (broad SMARTS) is 1. The molecule has 0 saturated carbocycles. The summed E-state index contributed by atoms with van der Waals surface area (Å²) in [7, 11) is 0. The predicted octanol–water partition coefficient (Wildman–Crippen LogP) is 3.77. The molecular weight excluding hydrogens is 340 g/mol. The van der Waals surface area contributed by atoms with Crippen LogP contribution < -0.4 is 4.74 Å². The number of benzene rings is 2. The van der Waals surface area contributed by atoms with E-state index in [2.05, 4.69) is 29.2 Å². The van der Waals surface area contributed by atoms with Gasteiger partial charge in [-0.2, -0.15) is 0 Å². The molecule has 0 spiro atoms. The zero-order chi connectivity index (χ0) is 18.6. The van der Waals surface area contributed by atoms with Crippen LogP contribution in [0.1, 0.15) is 17.2 Å². The summed E-state index contributed by atoms with van der Waals surface area (Å²) in [4.78, 5) is 18.2. The summed E-state index contributed by atoms with van der Waals surface area (Å²) in [6.45, 7) is 1.47. The molecule has 1 aliphatic rings. The maximum atomic E-state index is 12.1. The van der Waals surface area contributed by atoms with Crippen LogP contribution in [0.5, 0.6) is 5.75 Å². The summed E-state index contributed by atoms with van der Waals surface area (Å²) in [5.41, 5.74) is 3.91. The molecule has 3 aromatic rings. The van der Waals surface area contributed by atoms with E-state index in [4.69, 9.17) is 4.74 Å². The highest BCUT2D eigenvalue weighted by atomic mass is 16.5. The Hall–Kier alpha value is -3.18. The zero-order valence-corrected chi connectivity index (χ0v) is 14.8. The molecule has 27 heavy (non-hydrogen) atoms. The minimum absolute atomic E-state index is 0.439. The van der Waals surface area contributed by atoms with Crippen molar-refractivity contribution in [1.82, 2.24) is 9.88 Å². The van der Waals surface area contributed by atoms with Gasteiger partial charge in [0.2, 0.25) is 0 Å². The van der Waals surface area contributed by atoms with Gasteiger partial charge in [0.05, 0.1) is 0 Å². The lowest BCUT2D eigenvalue weighted by Crippen LogP contribution is -2.34. The molecule has 4 rings (SSSR count). The van der Waals surface area contributed by atoms with Crippen LogP contribution in [0.15, 0.2) is 73.1 Å². The average molecular weight is 360 g/mol. The fourth-order valence-electron chi connectivity index (χ4n) is 3.57. The number of carbonyl (C=O) groups is 1. The first-order chi connectivity index (χ1) is 13.2. The lowest BCUT2D eigenvalue weighted by molar-refractivity contribution is -0.143. The van der Waals surface area contributed by atoms with E-state index in [1.54, 1.807) is 18.5 Å². The smallest absolute Gasteiger partial charge is 0.325 e. The number of hydrogen-bond acceptors (Lipinski definition) is 4. The average Bonchev–Trinajstić information content (AvgIpc) is 2.88. The highest BCUT2D eigenvalue weighted by Crippen LogP contribution is 2.34. The normalized spacial score (nSPS) is 16.8. The van der Waals surface area contributed by atoms with Gasteiger partial charge >= 0.3 is 5.97 Å². The van der Waals surface area contributed by atoms with Crippen LogP contribution >= 0.6 is 0 Å². The van der Waals surface area contributed by atoms with Gasteiger partial charge < -0.3 is 9.84 Å². The second kappa shape index (κ2) is 7.60. The van der Waals surface area contributed by atoms with E-state index in [0.29, 0.717) is 31.0 Å². The van der Waals surface area contributed by atoms with Gasteiger partial charge in [-0.3, -0.25) is 14.7 Å². The van der Waals surface area contributed by atoms with Gasteiger partial charge in [-0.05, 0) is 22.8 Å². The number of hydrogen-bond donors (Lipinski definition) is 1. The number of rotatable bonds is 4. The van der Waals surface area contributed by atoms with Crippen LogP contribution in [-0.2, 0) is 11.3 Å². The Bertz CT molecular complexity index is 943. The SMILES string of the molecule is O=C(O)C1c2cnccc2OCCN1Cc1ccccc1-c1ccccc1. The zero-order valence-electron chi connectivity index (χ0n) is 14.8. The number of carboxylic acids is 1. The first-order valence-corrected chi connectivity index (χ1v) is 8.91. The summed E-state index contributed by atoms with van der Waals surface area (Å²) >= 11 is 0. The van der Waals surface area contributed by atoms with Gasteiger partial charge in [-0.15, -0.1) is 0 Å². The maximum Gasteiger partial charge on any atom is 0.325 e. The Morgan fingerprint density at radius 1 is 1.11 bits per heavy atom. The van der Waals surface area contributed by atoms with E-state index in [1.165, 1.54) is 0 Å². The summed E-state index contributed by atoms with van der Waals surface area (Å²) in [6, 6.07) is 19.2. The molecule has 1 aromatic heterocycles. The molecule has 136 valence electrons. The van der Waals surface area contributed by atoms with Crippen molar-refractivity contribution in [2.24, 2.45) is 0 Å². The van der Waals surface area contributed by atoms with Crippen molar-refractivity contribution in [2.45, 2.75) is 12.6 Å². The fraction of sp³-hybridized carbons (Fsp3) is 0.182. The highest BCUT2D eigenvalue weighted by molar-refractivity contribution is 5.77. The van der Waals surface area contributed by atoms with Crippen LogP contribution in [0.3, 0.4) is 0 Å². The topological polar surface area (TPSA) is 62.7 Å². The second-order valence-electron chi connectivity index (χ2n) is 6.50. The van der Waals surface area contributed by atoms with Crippen molar-refractivity contribution in [3.05, 3.63) is 84.2 Å². The second-order valence-corrected chi connectivity index (χ2v) is 6.50. The summed E-state index contributed by atoms with van der Waals surface area (Å²) in [5.74, 6) is -0.303. The number of fused-ring (bicyclic) bond motifs is 1. The van der Waals surface area contributed by atoms with E-state index < -0.39 is 12.0 Å². The minimum atomic E-state index is -0.896. The Labute approximate surface area is 157 Å². The lowest BCUT2D eigenvalue weighted by atomic mass is 9.98. The van der Waals surface area contributed by atoms with E-state index >= 15 is 0 Å². The minimum Gasteiger partial charge on any atom is -0.492 e. The molecule has 0 aliphatic carbocycles. The molecule has 0 radical (unpaired) electrons. The van der Waals surface area contributed by atoms with E-state index in [0.717, 1.165) is 16.7 Å².